The molecular formula is C20H20N2O2. The molecule has 122 valence electrons. The van der Waals surface area contributed by atoms with Crippen LogP contribution in [0.2, 0.25) is 0 Å². The average Bonchev–Trinajstić information content (AvgIpc) is 2.61. The normalized spacial score (nSPS) is 10.2. The summed E-state index contributed by atoms with van der Waals surface area (Å²) >= 11 is 0. The molecule has 0 fully saturated rings. The lowest BCUT2D eigenvalue weighted by Crippen LogP contribution is -2.30. The van der Waals surface area contributed by atoms with E-state index in [1.165, 1.54) is 0 Å². The lowest BCUT2D eigenvalue weighted by atomic mass is 10.1. The third-order valence-electron chi connectivity index (χ3n) is 3.44. The van der Waals surface area contributed by atoms with Gasteiger partial charge in [-0.1, -0.05) is 48.5 Å². The fourth-order valence-electron chi connectivity index (χ4n) is 2.33. The molecule has 4 nitrogen and oxygen atoms in total. The van der Waals surface area contributed by atoms with E-state index in [0.717, 1.165) is 11.1 Å². The van der Waals surface area contributed by atoms with Crippen molar-refractivity contribution in [3.63, 3.8) is 0 Å². The molecule has 2 aromatic rings. The summed E-state index contributed by atoms with van der Waals surface area (Å²) in [6, 6.07) is 19.1. The highest BCUT2D eigenvalue weighted by Gasteiger charge is 2.12. The molecule has 0 spiro atoms. The molecule has 0 saturated heterocycles. The van der Waals surface area contributed by atoms with Gasteiger partial charge in [0.2, 0.25) is 0 Å². The van der Waals surface area contributed by atoms with E-state index in [-0.39, 0.29) is 19.1 Å². The predicted molar refractivity (Wildman–Crippen MR) is 92.9 cm³/mol. The Morgan fingerprint density at radius 1 is 1.17 bits per heavy atom. The molecule has 0 bridgehead atoms. The maximum absolute atomic E-state index is 12.1. The number of carbonyl (C=O) groups is 1. The maximum Gasteiger partial charge on any atom is 0.320 e. The number of hydrogen-bond acceptors (Lipinski definition) is 4. The average molecular weight is 320 g/mol. The molecule has 0 radical (unpaired) electrons. The molecule has 0 aliphatic carbocycles. The van der Waals surface area contributed by atoms with Gasteiger partial charge in [0.1, 0.15) is 6.61 Å². The van der Waals surface area contributed by atoms with E-state index in [2.05, 4.69) is 12.6 Å². The fraction of sp³-hybridized carbons (Fsp3) is 0.200. The first-order valence-corrected chi connectivity index (χ1v) is 7.73. The first-order chi connectivity index (χ1) is 11.7. The molecule has 4 heteroatoms. The zero-order valence-electron chi connectivity index (χ0n) is 13.5. The number of benzene rings is 2. The van der Waals surface area contributed by atoms with Gasteiger partial charge in [-0.15, -0.1) is 6.58 Å². The van der Waals surface area contributed by atoms with Crippen LogP contribution in [0.5, 0.6) is 0 Å². The van der Waals surface area contributed by atoms with Crippen LogP contribution in [0.3, 0.4) is 0 Å². The fourth-order valence-corrected chi connectivity index (χ4v) is 2.33. The van der Waals surface area contributed by atoms with Crippen molar-refractivity contribution in [2.24, 2.45) is 0 Å². The van der Waals surface area contributed by atoms with Gasteiger partial charge >= 0.3 is 5.97 Å². The minimum absolute atomic E-state index is 0.176. The van der Waals surface area contributed by atoms with E-state index < -0.39 is 0 Å². The molecule has 0 aliphatic heterocycles. The van der Waals surface area contributed by atoms with E-state index in [9.17, 15) is 4.79 Å². The number of hydrogen-bond donors (Lipinski definition) is 0. The van der Waals surface area contributed by atoms with E-state index in [0.29, 0.717) is 18.7 Å². The van der Waals surface area contributed by atoms with Crippen LogP contribution >= 0.6 is 0 Å². The van der Waals surface area contributed by atoms with Crippen molar-refractivity contribution in [1.82, 2.24) is 4.90 Å². The summed E-state index contributed by atoms with van der Waals surface area (Å²) < 4.78 is 5.32. The molecule has 0 saturated carbocycles. The quantitative estimate of drug-likeness (QED) is 0.553. The van der Waals surface area contributed by atoms with Crippen molar-refractivity contribution < 1.29 is 9.53 Å². The smallest absolute Gasteiger partial charge is 0.320 e. The summed E-state index contributed by atoms with van der Waals surface area (Å²) in [5.74, 6) is -0.280. The number of nitriles is 1. The third kappa shape index (κ3) is 5.71. The summed E-state index contributed by atoms with van der Waals surface area (Å²) in [6.07, 6.45) is 1.75. The van der Waals surface area contributed by atoms with Crippen LogP contribution < -0.4 is 0 Å². The number of rotatable bonds is 8. The van der Waals surface area contributed by atoms with Crippen LogP contribution in [0.1, 0.15) is 16.7 Å². The van der Waals surface area contributed by atoms with E-state index in [1.54, 1.807) is 12.1 Å². The summed E-state index contributed by atoms with van der Waals surface area (Å²) in [5, 5.41) is 8.97. The number of esters is 1. The second kappa shape index (κ2) is 9.29. The van der Waals surface area contributed by atoms with E-state index in [1.807, 2.05) is 53.4 Å². The Hall–Kier alpha value is -2.90. The molecule has 0 amide bonds. The third-order valence-corrected chi connectivity index (χ3v) is 3.44. The minimum Gasteiger partial charge on any atom is -0.460 e. The van der Waals surface area contributed by atoms with Crippen LogP contribution in [0.15, 0.2) is 67.3 Å². The Kier molecular flexibility index (Phi) is 6.75. The number of ether oxygens (including phenoxy) is 1. The van der Waals surface area contributed by atoms with Crippen molar-refractivity contribution in [2.45, 2.75) is 13.2 Å². The van der Waals surface area contributed by atoms with Crippen molar-refractivity contribution in [2.75, 3.05) is 13.1 Å². The van der Waals surface area contributed by atoms with Gasteiger partial charge in [-0.3, -0.25) is 9.69 Å². The van der Waals surface area contributed by atoms with Gasteiger partial charge in [0.15, 0.2) is 0 Å². The second-order valence-electron chi connectivity index (χ2n) is 5.42. The summed E-state index contributed by atoms with van der Waals surface area (Å²) in [7, 11) is 0. The molecule has 0 N–H and O–H groups in total. The largest absolute Gasteiger partial charge is 0.460 e. The minimum atomic E-state index is -0.280. The first-order valence-electron chi connectivity index (χ1n) is 7.73. The Morgan fingerprint density at radius 3 is 2.62 bits per heavy atom. The van der Waals surface area contributed by atoms with Crippen LogP contribution in [0.4, 0.5) is 0 Å². The van der Waals surface area contributed by atoms with Gasteiger partial charge in [0.25, 0.3) is 0 Å². The molecule has 0 unspecified atom stereocenters. The molecule has 0 atom stereocenters. The highest BCUT2D eigenvalue weighted by molar-refractivity contribution is 5.71. The maximum atomic E-state index is 12.1. The predicted octanol–water partition coefficient (Wildman–Crippen LogP) is 3.29. The highest BCUT2D eigenvalue weighted by atomic mass is 16.5. The standard InChI is InChI=1S/C20H20N2O2/c1-2-11-22(14-19-10-6-9-18(12-19)13-21)15-20(23)24-16-17-7-4-3-5-8-17/h2-10,12H,1,11,14-16H2. The molecule has 24 heavy (non-hydrogen) atoms. The monoisotopic (exact) mass is 320 g/mol. The van der Waals surface area contributed by atoms with E-state index in [4.69, 9.17) is 10.00 Å². The zero-order valence-corrected chi connectivity index (χ0v) is 13.5. The first kappa shape index (κ1) is 17.5. The van der Waals surface area contributed by atoms with Crippen molar-refractivity contribution in [1.29, 1.82) is 5.26 Å². The number of nitrogens with zero attached hydrogens (tertiary/aromatic N) is 2. The Labute approximate surface area is 142 Å². The van der Waals surface area contributed by atoms with Gasteiger partial charge < -0.3 is 4.74 Å². The van der Waals surface area contributed by atoms with Crippen LogP contribution in [-0.2, 0) is 22.7 Å². The van der Waals surface area contributed by atoms with E-state index >= 15 is 0 Å². The van der Waals surface area contributed by atoms with Crippen LogP contribution in [0, 0.1) is 11.3 Å². The molecule has 2 aromatic carbocycles. The van der Waals surface area contributed by atoms with Gasteiger partial charge in [0, 0.05) is 13.1 Å². The summed E-state index contributed by atoms with van der Waals surface area (Å²) in [4.78, 5) is 14.0. The molecule has 2 rings (SSSR count). The lowest BCUT2D eigenvalue weighted by Gasteiger charge is -2.20. The van der Waals surface area contributed by atoms with Crippen molar-refractivity contribution >= 4 is 5.97 Å². The van der Waals surface area contributed by atoms with Gasteiger partial charge in [0.05, 0.1) is 18.2 Å². The topological polar surface area (TPSA) is 53.3 Å². The van der Waals surface area contributed by atoms with Crippen LogP contribution in [-0.4, -0.2) is 24.0 Å². The Bertz CT molecular complexity index is 720. The second-order valence-corrected chi connectivity index (χ2v) is 5.42. The van der Waals surface area contributed by atoms with Gasteiger partial charge in [-0.25, -0.2) is 0 Å². The van der Waals surface area contributed by atoms with Gasteiger partial charge in [-0.05, 0) is 23.3 Å². The molecule has 0 heterocycles. The summed E-state index contributed by atoms with van der Waals surface area (Å²) in [6.45, 7) is 5.30. The van der Waals surface area contributed by atoms with Crippen molar-refractivity contribution in [3.8, 4) is 6.07 Å². The van der Waals surface area contributed by atoms with Gasteiger partial charge in [-0.2, -0.15) is 5.26 Å². The molecule has 0 aliphatic rings. The zero-order chi connectivity index (χ0) is 17.2. The molecule has 0 aromatic heterocycles. The van der Waals surface area contributed by atoms with Crippen LogP contribution in [0.25, 0.3) is 0 Å². The number of carbonyl (C=O) groups excluding carboxylic acids is 1. The Morgan fingerprint density at radius 2 is 1.92 bits per heavy atom. The lowest BCUT2D eigenvalue weighted by molar-refractivity contribution is -0.146. The van der Waals surface area contributed by atoms with Crippen molar-refractivity contribution in [3.05, 3.63) is 83.9 Å². The SMILES string of the molecule is C=CCN(CC(=O)OCc1ccccc1)Cc1cccc(C#N)c1. The Balaban J connectivity index is 1.91. The highest BCUT2D eigenvalue weighted by Crippen LogP contribution is 2.09. The molecular weight excluding hydrogens is 300 g/mol. The summed E-state index contributed by atoms with van der Waals surface area (Å²) in [5.41, 5.74) is 2.55.